The first-order valence-electron chi connectivity index (χ1n) is 8.83. The zero-order valence-corrected chi connectivity index (χ0v) is 14.0. The number of carbonyl (C=O) groups is 2. The highest BCUT2D eigenvalue weighted by Gasteiger charge is 2.30. The lowest BCUT2D eigenvalue weighted by atomic mass is 10.1. The van der Waals surface area contributed by atoms with Gasteiger partial charge in [-0.05, 0) is 37.7 Å². The summed E-state index contributed by atoms with van der Waals surface area (Å²) in [6.07, 6.45) is 8.08. The summed E-state index contributed by atoms with van der Waals surface area (Å²) in [7, 11) is 0. The van der Waals surface area contributed by atoms with E-state index in [4.69, 9.17) is 0 Å². The van der Waals surface area contributed by atoms with Crippen LogP contribution in [0.25, 0.3) is 11.2 Å². The number of urea groups is 1. The maximum atomic E-state index is 12.2. The minimum Gasteiger partial charge on any atom is -0.345 e. The van der Waals surface area contributed by atoms with Crippen molar-refractivity contribution >= 4 is 28.9 Å². The molecule has 1 saturated carbocycles. The number of anilines is 1. The van der Waals surface area contributed by atoms with Crippen molar-refractivity contribution in [3.8, 4) is 0 Å². The fourth-order valence-corrected chi connectivity index (χ4v) is 3.25. The Morgan fingerprint density at radius 1 is 1.32 bits per heavy atom. The third-order valence-electron chi connectivity index (χ3n) is 4.77. The predicted octanol–water partition coefficient (Wildman–Crippen LogP) is 1.87. The van der Waals surface area contributed by atoms with Crippen LogP contribution in [0.2, 0.25) is 0 Å². The Morgan fingerprint density at radius 2 is 2.20 bits per heavy atom. The number of amides is 3. The molecule has 8 heteroatoms. The molecule has 1 atom stereocenters. The Morgan fingerprint density at radius 3 is 3.04 bits per heavy atom. The Hall–Kier alpha value is -2.64. The molecule has 1 aliphatic heterocycles. The first-order valence-corrected chi connectivity index (χ1v) is 8.83. The van der Waals surface area contributed by atoms with Crippen LogP contribution in [0.5, 0.6) is 0 Å². The molecule has 25 heavy (non-hydrogen) atoms. The normalized spacial score (nSPS) is 20.5. The third kappa shape index (κ3) is 3.89. The van der Waals surface area contributed by atoms with Crippen LogP contribution < -0.4 is 10.6 Å². The van der Waals surface area contributed by atoms with Gasteiger partial charge >= 0.3 is 6.03 Å². The van der Waals surface area contributed by atoms with E-state index < -0.39 is 0 Å². The van der Waals surface area contributed by atoms with E-state index in [0.29, 0.717) is 35.9 Å². The number of fused-ring (bicyclic) bond motifs is 1. The fraction of sp³-hybridized carbons (Fsp3) is 0.529. The molecule has 132 valence electrons. The van der Waals surface area contributed by atoms with Crippen LogP contribution in [0.1, 0.15) is 32.1 Å². The number of rotatable bonds is 4. The highest BCUT2D eigenvalue weighted by atomic mass is 16.2. The number of H-pyrrole nitrogens is 1. The zero-order chi connectivity index (χ0) is 17.2. The van der Waals surface area contributed by atoms with E-state index in [-0.39, 0.29) is 18.0 Å². The molecule has 2 aliphatic rings. The van der Waals surface area contributed by atoms with E-state index in [2.05, 4.69) is 25.6 Å². The molecule has 0 radical (unpaired) electrons. The van der Waals surface area contributed by atoms with E-state index >= 15 is 0 Å². The van der Waals surface area contributed by atoms with Crippen LogP contribution in [0.4, 0.5) is 10.6 Å². The molecule has 8 nitrogen and oxygen atoms in total. The standard InChI is InChI=1S/C17H22N6O2/c24-15(8-11-3-4-11)23-7-1-2-12(10-23)20-17(25)22-14-9-19-16-13(21-14)5-6-18-16/h5-6,9,11-12H,1-4,7-8,10H2,(H,18,19)(H2,20,21,22,25). The second-order valence-electron chi connectivity index (χ2n) is 6.89. The molecule has 4 rings (SSSR count). The molecule has 0 bridgehead atoms. The van der Waals surface area contributed by atoms with Gasteiger partial charge in [0.15, 0.2) is 11.5 Å². The van der Waals surface area contributed by atoms with Crippen molar-refractivity contribution in [3.05, 3.63) is 18.5 Å². The minimum atomic E-state index is -0.314. The van der Waals surface area contributed by atoms with Crippen molar-refractivity contribution in [2.45, 2.75) is 38.1 Å². The molecule has 0 spiro atoms. The summed E-state index contributed by atoms with van der Waals surface area (Å²) in [5.41, 5.74) is 1.38. The molecule has 3 heterocycles. The van der Waals surface area contributed by atoms with Crippen LogP contribution in [0.3, 0.4) is 0 Å². The van der Waals surface area contributed by atoms with Crippen molar-refractivity contribution in [2.24, 2.45) is 5.92 Å². The number of carbonyl (C=O) groups excluding carboxylic acids is 2. The lowest BCUT2D eigenvalue weighted by Gasteiger charge is -2.33. The van der Waals surface area contributed by atoms with E-state index in [1.165, 1.54) is 19.0 Å². The SMILES string of the molecule is O=C(Nc1cnc2[nH]ccc2n1)NC1CCCN(C(=O)CC2CC2)C1. The summed E-state index contributed by atoms with van der Waals surface area (Å²) in [5.74, 6) is 1.21. The van der Waals surface area contributed by atoms with E-state index in [1.54, 1.807) is 12.3 Å². The summed E-state index contributed by atoms with van der Waals surface area (Å²) in [5, 5.41) is 5.66. The lowest BCUT2D eigenvalue weighted by molar-refractivity contribution is -0.132. The van der Waals surface area contributed by atoms with Gasteiger partial charge in [-0.15, -0.1) is 0 Å². The summed E-state index contributed by atoms with van der Waals surface area (Å²) < 4.78 is 0. The summed E-state index contributed by atoms with van der Waals surface area (Å²) >= 11 is 0. The lowest BCUT2D eigenvalue weighted by Crippen LogP contribution is -2.50. The summed E-state index contributed by atoms with van der Waals surface area (Å²) in [6.45, 7) is 1.38. The number of nitrogens with one attached hydrogen (secondary N) is 3. The molecule has 3 N–H and O–H groups in total. The average molecular weight is 342 g/mol. The average Bonchev–Trinajstić information content (AvgIpc) is 3.29. The number of aromatic amines is 1. The highest BCUT2D eigenvalue weighted by molar-refractivity contribution is 5.89. The Balaban J connectivity index is 1.31. The molecule has 2 aromatic rings. The summed E-state index contributed by atoms with van der Waals surface area (Å²) in [4.78, 5) is 37.8. The maximum absolute atomic E-state index is 12.2. The third-order valence-corrected chi connectivity index (χ3v) is 4.77. The largest absolute Gasteiger partial charge is 0.345 e. The number of likely N-dealkylation sites (tertiary alicyclic amines) is 1. The van der Waals surface area contributed by atoms with Crippen LogP contribution in [-0.4, -0.2) is 50.9 Å². The van der Waals surface area contributed by atoms with Crippen molar-refractivity contribution in [1.29, 1.82) is 0 Å². The number of aromatic nitrogens is 3. The fourth-order valence-electron chi connectivity index (χ4n) is 3.25. The van der Waals surface area contributed by atoms with Gasteiger partial charge in [0.2, 0.25) is 5.91 Å². The van der Waals surface area contributed by atoms with Gasteiger partial charge in [-0.3, -0.25) is 10.1 Å². The number of hydrogen-bond donors (Lipinski definition) is 3. The first kappa shape index (κ1) is 15.9. The van der Waals surface area contributed by atoms with Gasteiger partial charge < -0.3 is 15.2 Å². The van der Waals surface area contributed by atoms with Gasteiger partial charge in [-0.1, -0.05) is 0 Å². The van der Waals surface area contributed by atoms with E-state index in [1.807, 2.05) is 4.90 Å². The molecule has 1 unspecified atom stereocenters. The van der Waals surface area contributed by atoms with Gasteiger partial charge in [0, 0.05) is 31.7 Å². The Bertz CT molecular complexity index is 784. The van der Waals surface area contributed by atoms with Crippen molar-refractivity contribution < 1.29 is 9.59 Å². The van der Waals surface area contributed by atoms with Crippen molar-refractivity contribution in [1.82, 2.24) is 25.2 Å². The zero-order valence-electron chi connectivity index (χ0n) is 14.0. The van der Waals surface area contributed by atoms with Crippen LogP contribution in [0.15, 0.2) is 18.5 Å². The number of piperidine rings is 1. The van der Waals surface area contributed by atoms with Crippen molar-refractivity contribution in [3.63, 3.8) is 0 Å². The van der Waals surface area contributed by atoms with Gasteiger partial charge in [-0.2, -0.15) is 0 Å². The molecule has 2 fully saturated rings. The second kappa shape index (κ2) is 6.70. The van der Waals surface area contributed by atoms with Gasteiger partial charge in [0.05, 0.1) is 6.20 Å². The molecule has 1 aliphatic carbocycles. The molecular weight excluding hydrogens is 320 g/mol. The van der Waals surface area contributed by atoms with Gasteiger partial charge in [-0.25, -0.2) is 14.8 Å². The predicted molar refractivity (Wildman–Crippen MR) is 93.0 cm³/mol. The monoisotopic (exact) mass is 342 g/mol. The van der Waals surface area contributed by atoms with Gasteiger partial charge in [0.1, 0.15) is 5.52 Å². The topological polar surface area (TPSA) is 103 Å². The molecule has 2 aromatic heterocycles. The molecule has 1 saturated heterocycles. The minimum absolute atomic E-state index is 0.0270. The van der Waals surface area contributed by atoms with Crippen molar-refractivity contribution in [2.75, 3.05) is 18.4 Å². The maximum Gasteiger partial charge on any atom is 0.320 e. The molecule has 3 amide bonds. The Kier molecular flexibility index (Phi) is 4.25. The van der Waals surface area contributed by atoms with Crippen LogP contribution in [-0.2, 0) is 4.79 Å². The number of nitrogens with zero attached hydrogens (tertiary/aromatic N) is 3. The quantitative estimate of drug-likeness (QED) is 0.789. The summed E-state index contributed by atoms with van der Waals surface area (Å²) in [6, 6.07) is 1.46. The van der Waals surface area contributed by atoms with Crippen LogP contribution in [0, 0.1) is 5.92 Å². The molecular formula is C17H22N6O2. The smallest absolute Gasteiger partial charge is 0.320 e. The molecule has 0 aromatic carbocycles. The number of hydrogen-bond acceptors (Lipinski definition) is 4. The van der Waals surface area contributed by atoms with Crippen LogP contribution >= 0.6 is 0 Å². The first-order chi connectivity index (χ1) is 12.2. The Labute approximate surface area is 145 Å². The van der Waals surface area contributed by atoms with E-state index in [9.17, 15) is 9.59 Å². The highest BCUT2D eigenvalue weighted by Crippen LogP contribution is 2.33. The second-order valence-corrected chi connectivity index (χ2v) is 6.89. The van der Waals surface area contributed by atoms with E-state index in [0.717, 1.165) is 19.4 Å². The van der Waals surface area contributed by atoms with Gasteiger partial charge in [0.25, 0.3) is 0 Å².